The molecule has 0 aliphatic carbocycles. The molecule has 20 heavy (non-hydrogen) atoms. The van der Waals surface area contributed by atoms with Crippen molar-refractivity contribution in [3.05, 3.63) is 29.9 Å². The third kappa shape index (κ3) is 2.21. The highest BCUT2D eigenvalue weighted by molar-refractivity contribution is 5.57. The number of hydrogen-bond donors (Lipinski definition) is 1. The molecule has 0 unspecified atom stereocenters. The van der Waals surface area contributed by atoms with E-state index in [1.165, 1.54) is 0 Å². The predicted octanol–water partition coefficient (Wildman–Crippen LogP) is 1.45. The molecule has 0 radical (unpaired) electrons. The average molecular weight is 274 g/mol. The van der Waals surface area contributed by atoms with E-state index in [2.05, 4.69) is 15.1 Å². The highest BCUT2D eigenvalue weighted by Crippen LogP contribution is 2.34. The van der Waals surface area contributed by atoms with Gasteiger partial charge in [-0.05, 0) is 31.4 Å². The smallest absolute Gasteiger partial charge is 0.234 e. The molecule has 0 atom stereocenters. The van der Waals surface area contributed by atoms with Gasteiger partial charge in [-0.25, -0.2) is 0 Å². The molecule has 0 bridgehead atoms. The molecule has 6 heteroatoms. The van der Waals surface area contributed by atoms with Gasteiger partial charge in [0.25, 0.3) is 0 Å². The molecule has 2 aromatic rings. The van der Waals surface area contributed by atoms with Gasteiger partial charge in [-0.2, -0.15) is 4.98 Å². The van der Waals surface area contributed by atoms with Gasteiger partial charge in [0, 0.05) is 37.7 Å². The van der Waals surface area contributed by atoms with Gasteiger partial charge in [0.2, 0.25) is 11.7 Å². The first-order chi connectivity index (χ1) is 9.75. The van der Waals surface area contributed by atoms with Crippen LogP contribution in [0.5, 0.6) is 0 Å². The minimum atomic E-state index is -0.250. The van der Waals surface area contributed by atoms with Gasteiger partial charge < -0.3 is 15.0 Å². The maximum Gasteiger partial charge on any atom is 0.234 e. The summed E-state index contributed by atoms with van der Waals surface area (Å²) in [4.78, 5) is 8.67. The van der Waals surface area contributed by atoms with Crippen molar-refractivity contribution in [3.63, 3.8) is 0 Å². The molecule has 0 spiro atoms. The molecule has 1 aliphatic heterocycles. The molecule has 1 aliphatic rings. The van der Waals surface area contributed by atoms with Crippen molar-refractivity contribution in [2.75, 3.05) is 19.8 Å². The quantitative estimate of drug-likeness (QED) is 0.911. The van der Waals surface area contributed by atoms with Crippen molar-refractivity contribution < 1.29 is 9.26 Å². The van der Waals surface area contributed by atoms with Crippen LogP contribution in [0.15, 0.2) is 23.0 Å². The van der Waals surface area contributed by atoms with E-state index in [-0.39, 0.29) is 5.41 Å². The summed E-state index contributed by atoms with van der Waals surface area (Å²) in [7, 11) is 0. The molecular formula is C14H18N4O2. The zero-order valence-corrected chi connectivity index (χ0v) is 11.5. The summed E-state index contributed by atoms with van der Waals surface area (Å²) in [5, 5.41) is 4.09. The zero-order valence-electron chi connectivity index (χ0n) is 11.5. The molecule has 1 saturated heterocycles. The fourth-order valence-corrected chi connectivity index (χ4v) is 2.51. The molecule has 0 saturated carbocycles. The Bertz CT molecular complexity index is 590. The lowest BCUT2D eigenvalue weighted by molar-refractivity contribution is 0.0409. The Kier molecular flexibility index (Phi) is 3.50. The number of rotatable bonds is 3. The van der Waals surface area contributed by atoms with Crippen LogP contribution < -0.4 is 5.73 Å². The minimum absolute atomic E-state index is 0.250. The van der Waals surface area contributed by atoms with E-state index in [0.717, 1.165) is 24.0 Å². The summed E-state index contributed by atoms with van der Waals surface area (Å²) in [6, 6.07) is 1.93. The van der Waals surface area contributed by atoms with Crippen molar-refractivity contribution in [1.29, 1.82) is 0 Å². The second-order valence-electron chi connectivity index (χ2n) is 5.21. The molecule has 6 nitrogen and oxygen atoms in total. The lowest BCUT2D eigenvalue weighted by atomic mass is 9.80. The fourth-order valence-electron chi connectivity index (χ4n) is 2.51. The lowest BCUT2D eigenvalue weighted by Crippen LogP contribution is -2.40. The van der Waals surface area contributed by atoms with Gasteiger partial charge in [0.1, 0.15) is 0 Å². The van der Waals surface area contributed by atoms with E-state index in [1.54, 1.807) is 12.4 Å². The van der Waals surface area contributed by atoms with Crippen molar-refractivity contribution in [2.45, 2.75) is 25.2 Å². The van der Waals surface area contributed by atoms with Crippen LogP contribution in [0, 0.1) is 6.92 Å². The van der Waals surface area contributed by atoms with Crippen LogP contribution in [0.4, 0.5) is 0 Å². The molecule has 0 amide bonds. The van der Waals surface area contributed by atoms with E-state index in [1.807, 2.05) is 13.0 Å². The molecular weight excluding hydrogens is 256 g/mol. The number of hydrogen-bond acceptors (Lipinski definition) is 6. The van der Waals surface area contributed by atoms with Crippen LogP contribution in [0.2, 0.25) is 0 Å². The van der Waals surface area contributed by atoms with Crippen LogP contribution in [0.3, 0.4) is 0 Å². The molecule has 3 heterocycles. The molecule has 1 fully saturated rings. The maximum atomic E-state index is 5.95. The number of aromatic nitrogens is 3. The van der Waals surface area contributed by atoms with E-state index in [0.29, 0.717) is 31.5 Å². The van der Waals surface area contributed by atoms with Crippen LogP contribution in [-0.4, -0.2) is 34.9 Å². The van der Waals surface area contributed by atoms with Crippen LogP contribution in [0.25, 0.3) is 11.4 Å². The SMILES string of the molecule is Cc1ccncc1-c1noc(C2(CN)CCOCC2)n1. The van der Waals surface area contributed by atoms with E-state index in [9.17, 15) is 0 Å². The Labute approximate surface area is 117 Å². The molecule has 0 aromatic carbocycles. The fraction of sp³-hybridized carbons (Fsp3) is 0.500. The third-order valence-corrected chi connectivity index (χ3v) is 4.00. The molecule has 106 valence electrons. The number of ether oxygens (including phenoxy) is 1. The van der Waals surface area contributed by atoms with Crippen LogP contribution in [-0.2, 0) is 10.2 Å². The Hall–Kier alpha value is -1.79. The predicted molar refractivity (Wildman–Crippen MR) is 73.1 cm³/mol. The summed E-state index contributed by atoms with van der Waals surface area (Å²) in [5.74, 6) is 1.19. The molecule has 2 N–H and O–H groups in total. The third-order valence-electron chi connectivity index (χ3n) is 4.00. The minimum Gasteiger partial charge on any atom is -0.381 e. The average Bonchev–Trinajstić information content (AvgIpc) is 2.98. The van der Waals surface area contributed by atoms with Gasteiger partial charge in [0.05, 0.1) is 5.41 Å². The number of nitrogens with two attached hydrogens (primary N) is 1. The van der Waals surface area contributed by atoms with Crippen LogP contribution in [0.1, 0.15) is 24.3 Å². The summed E-state index contributed by atoms with van der Waals surface area (Å²) < 4.78 is 10.9. The summed E-state index contributed by atoms with van der Waals surface area (Å²) in [5.41, 5.74) is 7.66. The highest BCUT2D eigenvalue weighted by Gasteiger charge is 2.38. The Morgan fingerprint density at radius 1 is 1.35 bits per heavy atom. The second kappa shape index (κ2) is 5.30. The lowest BCUT2D eigenvalue weighted by Gasteiger charge is -2.32. The highest BCUT2D eigenvalue weighted by atomic mass is 16.5. The standard InChI is InChI=1S/C14H18N4O2/c1-10-2-5-16-8-11(10)12-17-13(20-18-12)14(9-15)3-6-19-7-4-14/h2,5,8H,3-4,6-7,9,15H2,1H3. The first-order valence-electron chi connectivity index (χ1n) is 6.78. The van der Waals surface area contributed by atoms with Crippen molar-refractivity contribution in [2.24, 2.45) is 5.73 Å². The van der Waals surface area contributed by atoms with Gasteiger partial charge in [-0.1, -0.05) is 5.16 Å². The second-order valence-corrected chi connectivity index (χ2v) is 5.21. The molecule has 2 aromatic heterocycles. The van der Waals surface area contributed by atoms with Gasteiger partial charge in [-0.15, -0.1) is 0 Å². The van der Waals surface area contributed by atoms with Crippen molar-refractivity contribution in [1.82, 2.24) is 15.1 Å². The number of nitrogens with zero attached hydrogens (tertiary/aromatic N) is 3. The van der Waals surface area contributed by atoms with Crippen molar-refractivity contribution >= 4 is 0 Å². The van der Waals surface area contributed by atoms with Gasteiger partial charge in [-0.3, -0.25) is 4.98 Å². The first kappa shape index (κ1) is 13.2. The van der Waals surface area contributed by atoms with Gasteiger partial charge >= 0.3 is 0 Å². The Morgan fingerprint density at radius 3 is 2.85 bits per heavy atom. The Morgan fingerprint density at radius 2 is 2.15 bits per heavy atom. The topological polar surface area (TPSA) is 87.1 Å². The van der Waals surface area contributed by atoms with E-state index < -0.39 is 0 Å². The Balaban J connectivity index is 1.95. The zero-order chi connectivity index (χ0) is 14.0. The molecule has 3 rings (SSSR count). The van der Waals surface area contributed by atoms with Gasteiger partial charge in [0.15, 0.2) is 0 Å². The summed E-state index contributed by atoms with van der Waals surface area (Å²) >= 11 is 0. The van der Waals surface area contributed by atoms with E-state index >= 15 is 0 Å². The van der Waals surface area contributed by atoms with Crippen molar-refractivity contribution in [3.8, 4) is 11.4 Å². The van der Waals surface area contributed by atoms with E-state index in [4.69, 9.17) is 15.0 Å². The maximum absolute atomic E-state index is 5.95. The normalized spacial score (nSPS) is 18.1. The number of pyridine rings is 1. The summed E-state index contributed by atoms with van der Waals surface area (Å²) in [6.07, 6.45) is 5.14. The largest absolute Gasteiger partial charge is 0.381 e. The van der Waals surface area contributed by atoms with Crippen LogP contribution >= 0.6 is 0 Å². The number of aryl methyl sites for hydroxylation is 1. The monoisotopic (exact) mass is 274 g/mol. The first-order valence-corrected chi connectivity index (χ1v) is 6.78. The summed E-state index contributed by atoms with van der Waals surface area (Å²) in [6.45, 7) is 3.85.